The first-order valence-electron chi connectivity index (χ1n) is 6.77. The molecule has 2 aliphatic rings. The molecule has 3 atom stereocenters. The first-order valence-corrected chi connectivity index (χ1v) is 6.77. The Morgan fingerprint density at radius 3 is 2.80 bits per heavy atom. The van der Waals surface area contributed by atoms with Gasteiger partial charge in [0.1, 0.15) is 0 Å². The van der Waals surface area contributed by atoms with E-state index in [2.05, 4.69) is 24.1 Å². The molecule has 0 bridgehead atoms. The highest BCUT2D eigenvalue weighted by molar-refractivity contribution is 4.85. The Kier molecular flexibility index (Phi) is 4.04. The van der Waals surface area contributed by atoms with Crippen LogP contribution in [0.15, 0.2) is 0 Å². The van der Waals surface area contributed by atoms with Crippen LogP contribution in [0.25, 0.3) is 0 Å². The molecule has 0 amide bonds. The van der Waals surface area contributed by atoms with Crippen molar-refractivity contribution < 1.29 is 0 Å². The molecule has 2 aliphatic heterocycles. The minimum atomic E-state index is 0.837. The summed E-state index contributed by atoms with van der Waals surface area (Å²) < 4.78 is 0. The van der Waals surface area contributed by atoms with E-state index in [1.807, 2.05) is 0 Å². The molecule has 0 aromatic carbocycles. The summed E-state index contributed by atoms with van der Waals surface area (Å²) in [7, 11) is 0. The van der Waals surface area contributed by atoms with E-state index in [-0.39, 0.29) is 0 Å². The average Bonchev–Trinajstić information content (AvgIpc) is 2.84. The normalized spacial score (nSPS) is 37.6. The second-order valence-corrected chi connectivity index (χ2v) is 5.37. The van der Waals surface area contributed by atoms with Crippen molar-refractivity contribution >= 4 is 0 Å². The Morgan fingerprint density at radius 2 is 2.13 bits per heavy atom. The SMILES string of the molecule is CCC1CCC(C)N1CCC1CCNC1. The number of hydrogen-bond donors (Lipinski definition) is 1. The van der Waals surface area contributed by atoms with Gasteiger partial charge in [-0.25, -0.2) is 0 Å². The molecule has 2 fully saturated rings. The largest absolute Gasteiger partial charge is 0.316 e. The summed E-state index contributed by atoms with van der Waals surface area (Å²) in [4.78, 5) is 2.76. The lowest BCUT2D eigenvalue weighted by Gasteiger charge is -2.28. The fourth-order valence-electron chi connectivity index (χ4n) is 3.26. The van der Waals surface area contributed by atoms with E-state index in [0.29, 0.717) is 0 Å². The van der Waals surface area contributed by atoms with Gasteiger partial charge >= 0.3 is 0 Å². The minimum Gasteiger partial charge on any atom is -0.316 e. The van der Waals surface area contributed by atoms with Gasteiger partial charge in [0.15, 0.2) is 0 Å². The lowest BCUT2D eigenvalue weighted by Crippen LogP contribution is -2.35. The maximum Gasteiger partial charge on any atom is 0.00960 e. The van der Waals surface area contributed by atoms with E-state index < -0.39 is 0 Å². The van der Waals surface area contributed by atoms with Gasteiger partial charge in [-0.1, -0.05) is 6.92 Å². The smallest absolute Gasteiger partial charge is 0.00960 e. The molecular weight excluding hydrogens is 184 g/mol. The Bertz CT molecular complexity index is 187. The maximum absolute atomic E-state index is 3.47. The lowest BCUT2D eigenvalue weighted by atomic mass is 10.0. The number of rotatable bonds is 4. The quantitative estimate of drug-likeness (QED) is 0.765. The van der Waals surface area contributed by atoms with Crippen LogP contribution in [0.1, 0.15) is 46.0 Å². The number of nitrogens with zero attached hydrogens (tertiary/aromatic N) is 1. The summed E-state index contributed by atoms with van der Waals surface area (Å²) in [5, 5.41) is 3.47. The van der Waals surface area contributed by atoms with Gasteiger partial charge in [-0.3, -0.25) is 4.90 Å². The van der Waals surface area contributed by atoms with E-state index in [9.17, 15) is 0 Å². The van der Waals surface area contributed by atoms with Gasteiger partial charge in [-0.2, -0.15) is 0 Å². The maximum atomic E-state index is 3.47. The monoisotopic (exact) mass is 210 g/mol. The number of hydrogen-bond acceptors (Lipinski definition) is 2. The molecule has 0 aromatic rings. The van der Waals surface area contributed by atoms with E-state index in [4.69, 9.17) is 0 Å². The van der Waals surface area contributed by atoms with Crippen LogP contribution in [0.4, 0.5) is 0 Å². The predicted molar refractivity (Wildman–Crippen MR) is 65.1 cm³/mol. The van der Waals surface area contributed by atoms with Crippen LogP contribution in [-0.2, 0) is 0 Å². The van der Waals surface area contributed by atoms with E-state index in [1.54, 1.807) is 0 Å². The van der Waals surface area contributed by atoms with Gasteiger partial charge in [0.25, 0.3) is 0 Å². The fourth-order valence-corrected chi connectivity index (χ4v) is 3.26. The predicted octanol–water partition coefficient (Wildman–Crippen LogP) is 2.25. The zero-order valence-corrected chi connectivity index (χ0v) is 10.3. The van der Waals surface area contributed by atoms with Gasteiger partial charge < -0.3 is 5.32 Å². The molecule has 0 radical (unpaired) electrons. The van der Waals surface area contributed by atoms with Crippen molar-refractivity contribution in [2.75, 3.05) is 19.6 Å². The highest BCUT2D eigenvalue weighted by Gasteiger charge is 2.29. The number of nitrogens with one attached hydrogen (secondary N) is 1. The van der Waals surface area contributed by atoms with Crippen molar-refractivity contribution in [2.45, 2.75) is 58.0 Å². The van der Waals surface area contributed by atoms with Crippen molar-refractivity contribution in [1.29, 1.82) is 0 Å². The highest BCUT2D eigenvalue weighted by atomic mass is 15.2. The van der Waals surface area contributed by atoms with Gasteiger partial charge in [0.05, 0.1) is 0 Å². The second kappa shape index (κ2) is 5.31. The molecule has 88 valence electrons. The highest BCUT2D eigenvalue weighted by Crippen LogP contribution is 2.27. The Morgan fingerprint density at radius 1 is 1.27 bits per heavy atom. The zero-order chi connectivity index (χ0) is 10.7. The van der Waals surface area contributed by atoms with E-state index in [1.165, 1.54) is 51.7 Å². The Balaban J connectivity index is 1.76. The zero-order valence-electron chi connectivity index (χ0n) is 10.3. The lowest BCUT2D eigenvalue weighted by molar-refractivity contribution is 0.186. The molecular formula is C13H26N2. The molecule has 15 heavy (non-hydrogen) atoms. The summed E-state index contributed by atoms with van der Waals surface area (Å²) >= 11 is 0. The van der Waals surface area contributed by atoms with Crippen LogP contribution in [0, 0.1) is 5.92 Å². The summed E-state index contributed by atoms with van der Waals surface area (Å²) in [6.07, 6.45) is 7.00. The fraction of sp³-hybridized carbons (Fsp3) is 1.00. The Labute approximate surface area is 94.4 Å². The van der Waals surface area contributed by atoms with Crippen molar-refractivity contribution in [1.82, 2.24) is 10.2 Å². The molecule has 1 N–H and O–H groups in total. The molecule has 2 nitrogen and oxygen atoms in total. The summed E-state index contributed by atoms with van der Waals surface area (Å²) in [5.41, 5.74) is 0. The van der Waals surface area contributed by atoms with Crippen LogP contribution in [0.3, 0.4) is 0 Å². The first kappa shape index (κ1) is 11.4. The van der Waals surface area contributed by atoms with Gasteiger partial charge in [-0.15, -0.1) is 0 Å². The van der Waals surface area contributed by atoms with Crippen LogP contribution in [0.2, 0.25) is 0 Å². The molecule has 2 heteroatoms. The molecule has 0 aromatic heterocycles. The second-order valence-electron chi connectivity index (χ2n) is 5.37. The van der Waals surface area contributed by atoms with E-state index >= 15 is 0 Å². The van der Waals surface area contributed by atoms with Crippen molar-refractivity contribution in [2.24, 2.45) is 5.92 Å². The van der Waals surface area contributed by atoms with Crippen LogP contribution < -0.4 is 5.32 Å². The molecule has 2 heterocycles. The summed E-state index contributed by atoms with van der Waals surface area (Å²) in [6.45, 7) is 8.60. The molecule has 0 saturated carbocycles. The molecule has 3 unspecified atom stereocenters. The van der Waals surface area contributed by atoms with E-state index in [0.717, 1.165) is 18.0 Å². The van der Waals surface area contributed by atoms with Crippen molar-refractivity contribution in [3.8, 4) is 0 Å². The third kappa shape index (κ3) is 2.73. The standard InChI is InChI=1S/C13H26N2/c1-3-13-5-4-11(2)15(13)9-7-12-6-8-14-10-12/h11-14H,3-10H2,1-2H3. The third-order valence-electron chi connectivity index (χ3n) is 4.38. The van der Waals surface area contributed by atoms with Crippen LogP contribution in [-0.4, -0.2) is 36.6 Å². The minimum absolute atomic E-state index is 0.837. The van der Waals surface area contributed by atoms with Gasteiger partial charge in [0, 0.05) is 12.1 Å². The molecule has 2 saturated heterocycles. The summed E-state index contributed by atoms with van der Waals surface area (Å²) in [5.74, 6) is 0.954. The Hall–Kier alpha value is -0.0800. The average molecular weight is 210 g/mol. The van der Waals surface area contributed by atoms with Gasteiger partial charge in [-0.05, 0) is 64.6 Å². The molecule has 0 aliphatic carbocycles. The van der Waals surface area contributed by atoms with Gasteiger partial charge in [0.2, 0.25) is 0 Å². The summed E-state index contributed by atoms with van der Waals surface area (Å²) in [6, 6.07) is 1.72. The molecule has 2 rings (SSSR count). The topological polar surface area (TPSA) is 15.3 Å². The van der Waals surface area contributed by atoms with Crippen molar-refractivity contribution in [3.05, 3.63) is 0 Å². The molecule has 0 spiro atoms. The van der Waals surface area contributed by atoms with Crippen LogP contribution in [0.5, 0.6) is 0 Å². The van der Waals surface area contributed by atoms with Crippen molar-refractivity contribution in [3.63, 3.8) is 0 Å². The first-order chi connectivity index (χ1) is 7.31. The number of likely N-dealkylation sites (tertiary alicyclic amines) is 1. The third-order valence-corrected chi connectivity index (χ3v) is 4.38. The van der Waals surface area contributed by atoms with Crippen LogP contribution >= 0.6 is 0 Å².